The highest BCUT2D eigenvalue weighted by atomic mass is 31.2. The van der Waals surface area contributed by atoms with Gasteiger partial charge in [-0.2, -0.15) is 0 Å². The fourth-order valence-electron chi connectivity index (χ4n) is 1.65. The number of phosphoric ester groups is 1. The molecule has 1 heterocycles. The molecule has 1 aliphatic heterocycles. The normalized spacial score (nSPS) is 36.0. The van der Waals surface area contributed by atoms with Gasteiger partial charge in [0.25, 0.3) is 0 Å². The summed E-state index contributed by atoms with van der Waals surface area (Å²) in [5.74, 6) is -0.552. The highest BCUT2D eigenvalue weighted by molar-refractivity contribution is 7.46. The summed E-state index contributed by atoms with van der Waals surface area (Å²) in [6.45, 7) is 0.418. The predicted octanol–water partition coefficient (Wildman–Crippen LogP) is -2.96. The first kappa shape index (κ1) is 16.5. The van der Waals surface area contributed by atoms with Gasteiger partial charge in [0, 0.05) is 6.92 Å². The quantitative estimate of drug-likeness (QED) is 0.297. The fraction of sp³-hybridized carbons (Fsp3) is 0.875. The summed E-state index contributed by atoms with van der Waals surface area (Å²) >= 11 is 0. The standard InChI is InChI=1S/C8H16NO9P/c1-3(10)9-5-7(12)6(11)4(18-8(5)13)2-17-19(14,15)16/h4-8,11-13H,2H2,1H3,(H,9,10)(H2,14,15,16)/t4-,5-,6+,7-,8-/m1/s1. The van der Waals surface area contributed by atoms with E-state index >= 15 is 0 Å². The van der Waals surface area contributed by atoms with E-state index in [1.165, 1.54) is 0 Å². The van der Waals surface area contributed by atoms with Crippen molar-refractivity contribution in [2.45, 2.75) is 37.6 Å². The van der Waals surface area contributed by atoms with Gasteiger partial charge in [-0.25, -0.2) is 4.57 Å². The average Bonchev–Trinajstić information content (AvgIpc) is 2.26. The number of nitrogens with one attached hydrogen (secondary N) is 1. The Hall–Kier alpha value is -0.580. The lowest BCUT2D eigenvalue weighted by atomic mass is 9.97. The third-order valence-corrected chi connectivity index (χ3v) is 2.98. The van der Waals surface area contributed by atoms with Gasteiger partial charge in [-0.15, -0.1) is 0 Å². The summed E-state index contributed by atoms with van der Waals surface area (Å²) in [5.41, 5.74) is 0. The van der Waals surface area contributed by atoms with E-state index in [0.717, 1.165) is 6.92 Å². The summed E-state index contributed by atoms with van der Waals surface area (Å²) in [6, 6.07) is -1.25. The van der Waals surface area contributed by atoms with Crippen molar-refractivity contribution in [3.8, 4) is 0 Å². The van der Waals surface area contributed by atoms with Gasteiger partial charge in [0.2, 0.25) is 5.91 Å². The minimum absolute atomic E-state index is 0.552. The summed E-state index contributed by atoms with van der Waals surface area (Å²) in [5, 5.41) is 31.1. The van der Waals surface area contributed by atoms with Gasteiger partial charge in [-0.1, -0.05) is 0 Å². The lowest BCUT2D eigenvalue weighted by Gasteiger charge is -2.40. The van der Waals surface area contributed by atoms with E-state index in [2.05, 4.69) is 9.84 Å². The van der Waals surface area contributed by atoms with Gasteiger partial charge in [-0.3, -0.25) is 9.32 Å². The van der Waals surface area contributed by atoms with E-state index in [-0.39, 0.29) is 0 Å². The minimum atomic E-state index is -4.76. The van der Waals surface area contributed by atoms with Crippen LogP contribution in [0.5, 0.6) is 0 Å². The molecule has 0 saturated carbocycles. The van der Waals surface area contributed by atoms with Gasteiger partial charge in [0.05, 0.1) is 6.61 Å². The first-order chi connectivity index (χ1) is 8.61. The van der Waals surface area contributed by atoms with Crippen LogP contribution in [0.4, 0.5) is 0 Å². The summed E-state index contributed by atoms with van der Waals surface area (Å²) in [6.07, 6.45) is -6.15. The third-order valence-electron chi connectivity index (χ3n) is 2.50. The zero-order valence-corrected chi connectivity index (χ0v) is 10.8. The molecular formula is C8H16NO9P. The molecule has 112 valence electrons. The van der Waals surface area contributed by atoms with Gasteiger partial charge in [0.15, 0.2) is 6.29 Å². The molecule has 19 heavy (non-hydrogen) atoms. The second kappa shape index (κ2) is 6.25. The molecule has 1 amide bonds. The van der Waals surface area contributed by atoms with E-state index in [9.17, 15) is 24.7 Å². The Labute approximate surface area is 108 Å². The highest BCUT2D eigenvalue weighted by Gasteiger charge is 2.44. The van der Waals surface area contributed by atoms with Crippen molar-refractivity contribution in [3.63, 3.8) is 0 Å². The molecule has 0 bridgehead atoms. The molecule has 0 aromatic carbocycles. The number of rotatable bonds is 4. The van der Waals surface area contributed by atoms with Gasteiger partial charge >= 0.3 is 7.82 Å². The smallest absolute Gasteiger partial charge is 0.388 e. The van der Waals surface area contributed by atoms with Crippen molar-refractivity contribution in [2.75, 3.05) is 6.61 Å². The van der Waals surface area contributed by atoms with Crippen LogP contribution in [0, 0.1) is 0 Å². The fourth-order valence-corrected chi connectivity index (χ4v) is 1.99. The number of hydrogen-bond acceptors (Lipinski definition) is 7. The molecule has 0 unspecified atom stereocenters. The summed E-state index contributed by atoms with van der Waals surface area (Å²) in [7, 11) is -4.76. The van der Waals surface area contributed by atoms with E-state index in [0.29, 0.717) is 0 Å². The van der Waals surface area contributed by atoms with Crippen molar-refractivity contribution in [2.24, 2.45) is 0 Å². The van der Waals surface area contributed by atoms with Crippen LogP contribution in [-0.4, -0.2) is 68.3 Å². The van der Waals surface area contributed by atoms with Crippen LogP contribution in [0.2, 0.25) is 0 Å². The topological polar surface area (TPSA) is 166 Å². The molecule has 1 fully saturated rings. The maximum atomic E-state index is 10.9. The molecule has 0 radical (unpaired) electrons. The number of hydrogen-bond donors (Lipinski definition) is 6. The van der Waals surface area contributed by atoms with Gasteiger partial charge < -0.3 is 35.2 Å². The molecule has 0 aromatic rings. The van der Waals surface area contributed by atoms with Crippen LogP contribution in [0.3, 0.4) is 0 Å². The maximum Gasteiger partial charge on any atom is 0.469 e. The first-order valence-corrected chi connectivity index (χ1v) is 6.81. The Morgan fingerprint density at radius 1 is 1.32 bits per heavy atom. The molecule has 1 rings (SSSR count). The molecule has 0 aromatic heterocycles. The number of carbonyl (C=O) groups excluding carboxylic acids is 1. The Kier molecular flexibility index (Phi) is 5.42. The van der Waals surface area contributed by atoms with E-state index in [4.69, 9.17) is 14.5 Å². The van der Waals surface area contributed by atoms with Crippen molar-refractivity contribution in [1.82, 2.24) is 5.32 Å². The Morgan fingerprint density at radius 3 is 2.37 bits per heavy atom. The molecule has 1 saturated heterocycles. The number of carbonyl (C=O) groups is 1. The molecule has 0 spiro atoms. The van der Waals surface area contributed by atoms with Crippen LogP contribution in [0.25, 0.3) is 0 Å². The first-order valence-electron chi connectivity index (χ1n) is 5.28. The van der Waals surface area contributed by atoms with E-state index in [1.54, 1.807) is 0 Å². The third kappa shape index (κ3) is 4.79. The van der Waals surface area contributed by atoms with Crippen LogP contribution in [0.15, 0.2) is 0 Å². The Morgan fingerprint density at radius 2 is 1.89 bits per heavy atom. The zero-order valence-electron chi connectivity index (χ0n) is 9.91. The van der Waals surface area contributed by atoms with E-state index < -0.39 is 51.0 Å². The monoisotopic (exact) mass is 301 g/mol. The molecular weight excluding hydrogens is 285 g/mol. The number of aliphatic hydroxyl groups is 3. The highest BCUT2D eigenvalue weighted by Crippen LogP contribution is 2.36. The summed E-state index contributed by atoms with van der Waals surface area (Å²) < 4.78 is 19.5. The minimum Gasteiger partial charge on any atom is -0.388 e. The zero-order chi connectivity index (χ0) is 14.8. The van der Waals surface area contributed by atoms with Crippen molar-refractivity contribution in [3.05, 3.63) is 0 Å². The second-order valence-electron chi connectivity index (χ2n) is 4.06. The predicted molar refractivity (Wildman–Crippen MR) is 58.5 cm³/mol. The Bertz CT molecular complexity index is 371. The average molecular weight is 301 g/mol. The molecule has 0 aliphatic carbocycles. The molecule has 5 atom stereocenters. The maximum absolute atomic E-state index is 10.9. The SMILES string of the molecule is CC(=O)N[C@@H]1[C@@H](O)[C@@H](O)[C@@H](COP(=O)(O)O)O[C@H]1O. The largest absolute Gasteiger partial charge is 0.469 e. The van der Waals surface area contributed by atoms with Crippen LogP contribution >= 0.6 is 7.82 Å². The molecule has 10 nitrogen and oxygen atoms in total. The Balaban J connectivity index is 2.66. The molecule has 6 N–H and O–H groups in total. The number of ether oxygens (including phenoxy) is 1. The van der Waals surface area contributed by atoms with Gasteiger partial charge in [0.1, 0.15) is 24.4 Å². The van der Waals surface area contributed by atoms with Crippen molar-refractivity contribution in [1.29, 1.82) is 0 Å². The number of aliphatic hydroxyl groups excluding tert-OH is 3. The molecule has 11 heteroatoms. The van der Waals surface area contributed by atoms with Crippen molar-refractivity contribution >= 4 is 13.7 Å². The number of phosphoric acid groups is 1. The van der Waals surface area contributed by atoms with Gasteiger partial charge in [-0.05, 0) is 0 Å². The summed E-state index contributed by atoms with van der Waals surface area (Å²) in [4.78, 5) is 27.9. The van der Waals surface area contributed by atoms with E-state index in [1.807, 2.05) is 0 Å². The van der Waals surface area contributed by atoms with Crippen LogP contribution in [-0.2, 0) is 18.6 Å². The second-order valence-corrected chi connectivity index (χ2v) is 5.30. The van der Waals surface area contributed by atoms with Crippen LogP contribution < -0.4 is 5.32 Å². The molecule has 1 aliphatic rings. The van der Waals surface area contributed by atoms with Crippen LogP contribution in [0.1, 0.15) is 6.92 Å². The number of amides is 1. The lowest BCUT2D eigenvalue weighted by Crippen LogP contribution is -2.64. The lowest BCUT2D eigenvalue weighted by molar-refractivity contribution is -0.252. The van der Waals surface area contributed by atoms with Crippen molar-refractivity contribution < 1.29 is 43.7 Å².